The van der Waals surface area contributed by atoms with E-state index in [-0.39, 0.29) is 0 Å². The zero-order valence-electron chi connectivity index (χ0n) is 26.4. The molecular formula is C45H28N2O2. The SMILES string of the molecule is c1ccc(N(c2ccc(-c3ccc4ccccc4c3)cc2)c2cccc3oc4cccc(-c5nc6c(ccc7ccccc76)o5)c4c23)cc1. The summed E-state index contributed by atoms with van der Waals surface area (Å²) in [7, 11) is 0. The maximum Gasteiger partial charge on any atom is 0.228 e. The van der Waals surface area contributed by atoms with Gasteiger partial charge in [0.2, 0.25) is 5.89 Å². The van der Waals surface area contributed by atoms with Crippen molar-refractivity contribution in [2.75, 3.05) is 4.90 Å². The monoisotopic (exact) mass is 628 g/mol. The third-order valence-electron chi connectivity index (χ3n) is 9.48. The highest BCUT2D eigenvalue weighted by molar-refractivity contribution is 6.18. The first kappa shape index (κ1) is 27.5. The van der Waals surface area contributed by atoms with Crippen molar-refractivity contribution < 1.29 is 8.83 Å². The van der Waals surface area contributed by atoms with Gasteiger partial charge in [-0.1, -0.05) is 109 Å². The Balaban J connectivity index is 1.16. The van der Waals surface area contributed by atoms with Gasteiger partial charge < -0.3 is 13.7 Å². The molecule has 0 saturated carbocycles. The smallest absolute Gasteiger partial charge is 0.228 e. The van der Waals surface area contributed by atoms with E-state index in [9.17, 15) is 0 Å². The van der Waals surface area contributed by atoms with Crippen LogP contribution in [0, 0.1) is 0 Å². The van der Waals surface area contributed by atoms with Crippen LogP contribution in [0.1, 0.15) is 0 Å². The van der Waals surface area contributed by atoms with Gasteiger partial charge in [0.05, 0.1) is 11.1 Å². The number of para-hydroxylation sites is 1. The molecule has 10 aromatic rings. The van der Waals surface area contributed by atoms with Crippen LogP contribution in [0.25, 0.3) is 77.2 Å². The second-order valence-corrected chi connectivity index (χ2v) is 12.4. The van der Waals surface area contributed by atoms with Crippen LogP contribution in [0.5, 0.6) is 0 Å². The molecule has 0 bridgehead atoms. The number of fused-ring (bicyclic) bond motifs is 7. The third-order valence-corrected chi connectivity index (χ3v) is 9.48. The molecule has 0 aliphatic heterocycles. The molecule has 0 aliphatic carbocycles. The Morgan fingerprint density at radius 2 is 1.10 bits per heavy atom. The van der Waals surface area contributed by atoms with E-state index in [1.54, 1.807) is 0 Å². The first-order valence-electron chi connectivity index (χ1n) is 16.5. The van der Waals surface area contributed by atoms with Crippen LogP contribution in [0.2, 0.25) is 0 Å². The van der Waals surface area contributed by atoms with Crippen molar-refractivity contribution >= 4 is 71.6 Å². The van der Waals surface area contributed by atoms with Crippen molar-refractivity contribution in [3.63, 3.8) is 0 Å². The van der Waals surface area contributed by atoms with Crippen LogP contribution in [-0.2, 0) is 0 Å². The Bertz CT molecular complexity index is 2830. The highest BCUT2D eigenvalue weighted by atomic mass is 16.3. The lowest BCUT2D eigenvalue weighted by molar-refractivity contribution is 0.620. The summed E-state index contributed by atoms with van der Waals surface area (Å²) >= 11 is 0. The van der Waals surface area contributed by atoms with E-state index in [2.05, 4.69) is 132 Å². The van der Waals surface area contributed by atoms with Crippen LogP contribution in [0.15, 0.2) is 179 Å². The van der Waals surface area contributed by atoms with Crippen molar-refractivity contribution in [1.29, 1.82) is 0 Å². The topological polar surface area (TPSA) is 42.4 Å². The number of oxazole rings is 1. The number of rotatable bonds is 5. The molecule has 4 heteroatoms. The van der Waals surface area contributed by atoms with Crippen molar-refractivity contribution in [3.05, 3.63) is 170 Å². The lowest BCUT2D eigenvalue weighted by atomic mass is 10.0. The van der Waals surface area contributed by atoms with Gasteiger partial charge in [0, 0.05) is 27.7 Å². The van der Waals surface area contributed by atoms with Gasteiger partial charge in [-0.15, -0.1) is 0 Å². The van der Waals surface area contributed by atoms with Crippen molar-refractivity contribution in [1.82, 2.24) is 4.98 Å². The molecule has 10 rings (SSSR count). The molecule has 0 radical (unpaired) electrons. The summed E-state index contributed by atoms with van der Waals surface area (Å²) in [6.07, 6.45) is 0. The van der Waals surface area contributed by atoms with E-state index < -0.39 is 0 Å². The maximum atomic E-state index is 6.54. The minimum absolute atomic E-state index is 0.570. The van der Waals surface area contributed by atoms with Crippen LogP contribution >= 0.6 is 0 Å². The summed E-state index contributed by atoms with van der Waals surface area (Å²) in [5.41, 5.74) is 9.56. The standard InChI is InChI=1S/C45H28N2O2/c1-2-13-34(14-3-1)47(35-25-22-30(23-26-35)33-21-20-29-10-4-5-12-32(29)28-33)38-17-9-19-40-43(38)42-37(16-8-18-39(42)48-40)45-46-44-36-15-7-6-11-31(36)24-27-41(44)49-45/h1-28H. The molecule has 2 heterocycles. The molecule has 0 fully saturated rings. The predicted octanol–water partition coefficient (Wildman–Crippen LogP) is 12.8. The van der Waals surface area contributed by atoms with Gasteiger partial charge in [0.25, 0.3) is 0 Å². The van der Waals surface area contributed by atoms with E-state index >= 15 is 0 Å². The summed E-state index contributed by atoms with van der Waals surface area (Å²) in [4.78, 5) is 7.38. The number of anilines is 3. The minimum atomic E-state index is 0.570. The summed E-state index contributed by atoms with van der Waals surface area (Å²) in [6, 6.07) is 59.2. The lowest BCUT2D eigenvalue weighted by Crippen LogP contribution is -2.10. The van der Waals surface area contributed by atoms with Crippen LogP contribution in [0.3, 0.4) is 0 Å². The van der Waals surface area contributed by atoms with Gasteiger partial charge in [-0.3, -0.25) is 0 Å². The number of nitrogens with zero attached hydrogens (tertiary/aromatic N) is 2. The van der Waals surface area contributed by atoms with Crippen molar-refractivity contribution in [2.45, 2.75) is 0 Å². The largest absolute Gasteiger partial charge is 0.456 e. The van der Waals surface area contributed by atoms with Gasteiger partial charge >= 0.3 is 0 Å². The molecular weight excluding hydrogens is 601 g/mol. The molecule has 0 unspecified atom stereocenters. The van der Waals surface area contributed by atoms with Gasteiger partial charge in [-0.05, 0) is 87.9 Å². The van der Waals surface area contributed by atoms with Gasteiger partial charge in [0.15, 0.2) is 5.58 Å². The molecule has 49 heavy (non-hydrogen) atoms. The van der Waals surface area contributed by atoms with Crippen LogP contribution in [-0.4, -0.2) is 4.98 Å². The Kier molecular flexibility index (Phi) is 6.15. The molecule has 2 aromatic heterocycles. The number of benzene rings is 8. The Hall–Kier alpha value is -6.65. The first-order valence-corrected chi connectivity index (χ1v) is 16.5. The molecule has 0 aliphatic rings. The Morgan fingerprint density at radius 1 is 0.429 bits per heavy atom. The number of furan rings is 1. The van der Waals surface area contributed by atoms with E-state index in [4.69, 9.17) is 13.8 Å². The number of hydrogen-bond donors (Lipinski definition) is 0. The Labute approximate surface area is 282 Å². The highest BCUT2D eigenvalue weighted by Crippen LogP contribution is 2.46. The van der Waals surface area contributed by atoms with Crippen molar-refractivity contribution in [2.24, 2.45) is 0 Å². The summed E-state index contributed by atoms with van der Waals surface area (Å²) in [5.74, 6) is 0.570. The summed E-state index contributed by atoms with van der Waals surface area (Å²) in [5, 5.41) is 6.65. The quantitative estimate of drug-likeness (QED) is 0.190. The fourth-order valence-electron chi connectivity index (χ4n) is 7.17. The molecule has 0 spiro atoms. The van der Waals surface area contributed by atoms with Gasteiger partial charge in [-0.25, -0.2) is 4.98 Å². The highest BCUT2D eigenvalue weighted by Gasteiger charge is 2.23. The van der Waals surface area contributed by atoms with Crippen LogP contribution < -0.4 is 4.90 Å². The normalized spacial score (nSPS) is 11.7. The molecule has 230 valence electrons. The summed E-state index contributed by atoms with van der Waals surface area (Å²) < 4.78 is 13.0. The fraction of sp³-hybridized carbons (Fsp3) is 0. The van der Waals surface area contributed by atoms with E-state index in [0.717, 1.165) is 66.4 Å². The number of aromatic nitrogens is 1. The van der Waals surface area contributed by atoms with E-state index in [0.29, 0.717) is 5.89 Å². The molecule has 4 nitrogen and oxygen atoms in total. The molecule has 0 N–H and O–H groups in total. The van der Waals surface area contributed by atoms with Crippen molar-refractivity contribution in [3.8, 4) is 22.6 Å². The minimum Gasteiger partial charge on any atom is -0.456 e. The van der Waals surface area contributed by atoms with E-state index in [1.165, 1.54) is 21.9 Å². The second-order valence-electron chi connectivity index (χ2n) is 12.4. The lowest BCUT2D eigenvalue weighted by Gasteiger charge is -2.26. The van der Waals surface area contributed by atoms with Gasteiger partial charge in [-0.2, -0.15) is 0 Å². The number of hydrogen-bond acceptors (Lipinski definition) is 4. The molecule has 0 saturated heterocycles. The fourth-order valence-corrected chi connectivity index (χ4v) is 7.17. The van der Waals surface area contributed by atoms with Gasteiger partial charge in [0.1, 0.15) is 16.7 Å². The molecule has 0 amide bonds. The second kappa shape index (κ2) is 11.0. The third kappa shape index (κ3) is 4.49. The first-order chi connectivity index (χ1) is 24.3. The van der Waals surface area contributed by atoms with Crippen LogP contribution in [0.4, 0.5) is 17.1 Å². The zero-order valence-corrected chi connectivity index (χ0v) is 26.4. The average molecular weight is 629 g/mol. The zero-order chi connectivity index (χ0) is 32.3. The predicted molar refractivity (Wildman–Crippen MR) is 202 cm³/mol. The van der Waals surface area contributed by atoms with E-state index in [1.807, 2.05) is 42.5 Å². The molecule has 8 aromatic carbocycles. The summed E-state index contributed by atoms with van der Waals surface area (Å²) in [6.45, 7) is 0. The Morgan fingerprint density at radius 3 is 1.96 bits per heavy atom. The average Bonchev–Trinajstić information content (AvgIpc) is 3.78. The molecule has 0 atom stereocenters. The maximum absolute atomic E-state index is 6.54.